The maximum Gasteiger partial charge on any atom is 0.172 e. The molecule has 112 valence electrons. The zero-order valence-electron chi connectivity index (χ0n) is 13.4. The number of benzene rings is 1. The van der Waals surface area contributed by atoms with Gasteiger partial charge in [-0.25, -0.2) is 0 Å². The van der Waals surface area contributed by atoms with E-state index in [1.165, 1.54) is 0 Å². The smallest absolute Gasteiger partial charge is 0.172 e. The largest absolute Gasteiger partial charge is 0.497 e. The second-order valence-electron chi connectivity index (χ2n) is 6.18. The van der Waals surface area contributed by atoms with Crippen molar-refractivity contribution in [1.82, 2.24) is 0 Å². The van der Waals surface area contributed by atoms with Crippen molar-refractivity contribution in [2.24, 2.45) is 5.92 Å². The molecule has 1 unspecified atom stereocenters. The molecule has 0 N–H and O–H groups in total. The van der Waals surface area contributed by atoms with Gasteiger partial charge in [0.25, 0.3) is 0 Å². The van der Waals surface area contributed by atoms with Crippen LogP contribution in [0.15, 0.2) is 18.2 Å². The molecular formula is C17H26O3. The molecule has 0 fully saturated rings. The molecule has 0 saturated heterocycles. The van der Waals surface area contributed by atoms with Crippen LogP contribution in [-0.4, -0.2) is 19.5 Å². The highest BCUT2D eigenvalue weighted by Gasteiger charge is 2.21. The average Bonchev–Trinajstić information content (AvgIpc) is 2.42. The SMILES string of the molecule is CCC(C)C(=O)COc1ccc(OC)cc1C(C)(C)C. The fraction of sp³-hybridized carbons (Fsp3) is 0.588. The van der Waals surface area contributed by atoms with E-state index in [2.05, 4.69) is 20.8 Å². The summed E-state index contributed by atoms with van der Waals surface area (Å²) in [6.45, 7) is 10.4. The van der Waals surface area contributed by atoms with Gasteiger partial charge in [-0.05, 0) is 30.0 Å². The van der Waals surface area contributed by atoms with Gasteiger partial charge in [0.05, 0.1) is 7.11 Å². The first-order valence-electron chi connectivity index (χ1n) is 7.13. The number of ether oxygens (including phenoxy) is 2. The minimum absolute atomic E-state index is 0.0475. The number of rotatable bonds is 6. The average molecular weight is 278 g/mol. The van der Waals surface area contributed by atoms with E-state index in [0.717, 1.165) is 23.5 Å². The number of Topliss-reactive ketones (excluding diaryl/α,β-unsaturated/α-hetero) is 1. The van der Waals surface area contributed by atoms with E-state index in [0.29, 0.717) is 0 Å². The van der Waals surface area contributed by atoms with Crippen molar-refractivity contribution < 1.29 is 14.3 Å². The first kappa shape index (κ1) is 16.5. The molecule has 0 bridgehead atoms. The Morgan fingerprint density at radius 3 is 2.45 bits per heavy atom. The van der Waals surface area contributed by atoms with Crippen LogP contribution in [0.2, 0.25) is 0 Å². The van der Waals surface area contributed by atoms with Gasteiger partial charge in [-0.3, -0.25) is 4.79 Å². The van der Waals surface area contributed by atoms with Gasteiger partial charge in [-0.1, -0.05) is 34.6 Å². The Labute approximate surface area is 122 Å². The lowest BCUT2D eigenvalue weighted by molar-refractivity contribution is -0.124. The molecule has 1 aromatic carbocycles. The molecule has 0 saturated carbocycles. The number of carbonyl (C=O) groups excluding carboxylic acids is 1. The van der Waals surface area contributed by atoms with E-state index in [1.807, 2.05) is 32.0 Å². The van der Waals surface area contributed by atoms with Crippen LogP contribution in [0, 0.1) is 5.92 Å². The fourth-order valence-corrected chi connectivity index (χ4v) is 1.87. The van der Waals surface area contributed by atoms with Crippen molar-refractivity contribution >= 4 is 5.78 Å². The molecule has 0 aliphatic heterocycles. The Morgan fingerprint density at radius 2 is 1.95 bits per heavy atom. The summed E-state index contributed by atoms with van der Waals surface area (Å²) in [5.41, 5.74) is 0.984. The van der Waals surface area contributed by atoms with Crippen molar-refractivity contribution in [2.45, 2.75) is 46.5 Å². The summed E-state index contributed by atoms with van der Waals surface area (Å²) in [6, 6.07) is 5.71. The third kappa shape index (κ3) is 4.26. The van der Waals surface area contributed by atoms with Crippen LogP contribution < -0.4 is 9.47 Å². The molecule has 20 heavy (non-hydrogen) atoms. The third-order valence-electron chi connectivity index (χ3n) is 3.53. The summed E-state index contributed by atoms with van der Waals surface area (Å²) >= 11 is 0. The summed E-state index contributed by atoms with van der Waals surface area (Å²) in [6.07, 6.45) is 0.844. The molecule has 1 atom stereocenters. The van der Waals surface area contributed by atoms with Crippen LogP contribution in [0.5, 0.6) is 11.5 Å². The molecule has 1 rings (SSSR count). The first-order chi connectivity index (χ1) is 9.29. The van der Waals surface area contributed by atoms with Crippen LogP contribution in [0.3, 0.4) is 0 Å². The van der Waals surface area contributed by atoms with E-state index in [-0.39, 0.29) is 23.7 Å². The van der Waals surface area contributed by atoms with Crippen molar-refractivity contribution in [3.05, 3.63) is 23.8 Å². The van der Waals surface area contributed by atoms with Crippen LogP contribution in [-0.2, 0) is 10.2 Å². The Balaban J connectivity index is 2.92. The van der Waals surface area contributed by atoms with Crippen molar-refractivity contribution in [2.75, 3.05) is 13.7 Å². The normalized spacial score (nSPS) is 12.9. The lowest BCUT2D eigenvalue weighted by Gasteiger charge is -2.23. The highest BCUT2D eigenvalue weighted by atomic mass is 16.5. The molecule has 3 nitrogen and oxygen atoms in total. The topological polar surface area (TPSA) is 35.5 Å². The number of carbonyl (C=O) groups is 1. The maximum absolute atomic E-state index is 11.9. The molecule has 0 aliphatic carbocycles. The summed E-state index contributed by atoms with van der Waals surface area (Å²) < 4.78 is 11.0. The van der Waals surface area contributed by atoms with Gasteiger partial charge in [0.15, 0.2) is 5.78 Å². The Hall–Kier alpha value is -1.51. The van der Waals surface area contributed by atoms with Crippen LogP contribution in [0.4, 0.5) is 0 Å². The van der Waals surface area contributed by atoms with Gasteiger partial charge < -0.3 is 9.47 Å². The van der Waals surface area contributed by atoms with E-state index in [4.69, 9.17) is 9.47 Å². The zero-order chi connectivity index (χ0) is 15.3. The quantitative estimate of drug-likeness (QED) is 0.789. The maximum atomic E-state index is 11.9. The molecule has 0 spiro atoms. The predicted octanol–water partition coefficient (Wildman–Crippen LogP) is 3.99. The first-order valence-corrected chi connectivity index (χ1v) is 7.13. The lowest BCUT2D eigenvalue weighted by atomic mass is 9.86. The van der Waals surface area contributed by atoms with E-state index >= 15 is 0 Å². The number of ketones is 1. The van der Waals surface area contributed by atoms with Gasteiger partial charge in [0.1, 0.15) is 18.1 Å². The van der Waals surface area contributed by atoms with E-state index < -0.39 is 0 Å². The molecule has 0 aromatic heterocycles. The number of hydrogen-bond donors (Lipinski definition) is 0. The summed E-state index contributed by atoms with van der Waals surface area (Å²) in [7, 11) is 1.65. The summed E-state index contributed by atoms with van der Waals surface area (Å²) in [5, 5.41) is 0. The fourth-order valence-electron chi connectivity index (χ4n) is 1.87. The monoisotopic (exact) mass is 278 g/mol. The minimum atomic E-state index is -0.0662. The van der Waals surface area contributed by atoms with Crippen molar-refractivity contribution in [1.29, 1.82) is 0 Å². The highest BCUT2D eigenvalue weighted by Crippen LogP contribution is 2.34. The van der Waals surface area contributed by atoms with Crippen LogP contribution >= 0.6 is 0 Å². The number of methoxy groups -OCH3 is 1. The second kappa shape index (κ2) is 6.78. The second-order valence-corrected chi connectivity index (χ2v) is 6.18. The van der Waals surface area contributed by atoms with Gasteiger partial charge in [0.2, 0.25) is 0 Å². The standard InChI is InChI=1S/C17H26O3/c1-7-12(2)15(18)11-20-16-9-8-13(19-6)10-14(16)17(3,4)5/h8-10,12H,7,11H2,1-6H3. The molecule has 0 amide bonds. The predicted molar refractivity (Wildman–Crippen MR) is 81.7 cm³/mol. The van der Waals surface area contributed by atoms with Gasteiger partial charge >= 0.3 is 0 Å². The van der Waals surface area contributed by atoms with Gasteiger partial charge in [-0.15, -0.1) is 0 Å². The molecule has 0 radical (unpaired) electrons. The minimum Gasteiger partial charge on any atom is -0.497 e. The molecule has 0 aliphatic rings. The van der Waals surface area contributed by atoms with E-state index in [1.54, 1.807) is 7.11 Å². The third-order valence-corrected chi connectivity index (χ3v) is 3.53. The lowest BCUT2D eigenvalue weighted by Crippen LogP contribution is -2.20. The van der Waals surface area contributed by atoms with E-state index in [9.17, 15) is 4.79 Å². The van der Waals surface area contributed by atoms with Gasteiger partial charge in [0, 0.05) is 11.5 Å². The van der Waals surface area contributed by atoms with Crippen LogP contribution in [0.25, 0.3) is 0 Å². The zero-order valence-corrected chi connectivity index (χ0v) is 13.4. The summed E-state index contributed by atoms with van der Waals surface area (Å²) in [4.78, 5) is 11.9. The Kier molecular flexibility index (Phi) is 5.61. The number of hydrogen-bond acceptors (Lipinski definition) is 3. The molecule has 0 heterocycles. The molecule has 3 heteroatoms. The molecular weight excluding hydrogens is 252 g/mol. The highest BCUT2D eigenvalue weighted by molar-refractivity contribution is 5.82. The van der Waals surface area contributed by atoms with Crippen LogP contribution in [0.1, 0.15) is 46.6 Å². The van der Waals surface area contributed by atoms with Gasteiger partial charge in [-0.2, -0.15) is 0 Å². The van der Waals surface area contributed by atoms with Crippen molar-refractivity contribution in [3.8, 4) is 11.5 Å². The molecule has 1 aromatic rings. The Morgan fingerprint density at radius 1 is 1.30 bits per heavy atom. The Bertz CT molecular complexity index is 458. The van der Waals surface area contributed by atoms with Crippen molar-refractivity contribution in [3.63, 3.8) is 0 Å². The summed E-state index contributed by atoms with van der Waals surface area (Å²) in [5.74, 6) is 1.75.